The van der Waals surface area contributed by atoms with E-state index in [4.69, 9.17) is 0 Å². The number of Topliss-reactive ketones (excluding diaryl/α,β-unsaturated/α-hetero) is 1. The maximum atomic E-state index is 13.1. The molecular formula is C24H23N3O3S. The minimum Gasteiger partial charge on any atom is -0.507 e. The molecule has 2 aromatic carbocycles. The summed E-state index contributed by atoms with van der Waals surface area (Å²) in [5.41, 5.74) is 3.44. The smallest absolute Gasteiger partial charge is 0.301 e. The van der Waals surface area contributed by atoms with E-state index >= 15 is 0 Å². The van der Waals surface area contributed by atoms with Crippen LogP contribution in [-0.2, 0) is 9.59 Å². The molecule has 1 saturated heterocycles. The Bertz CT molecular complexity index is 1180. The molecule has 1 N–H and O–H groups in total. The van der Waals surface area contributed by atoms with E-state index in [1.807, 2.05) is 43.3 Å². The van der Waals surface area contributed by atoms with Gasteiger partial charge in [0.25, 0.3) is 5.78 Å². The monoisotopic (exact) mass is 433 g/mol. The van der Waals surface area contributed by atoms with Gasteiger partial charge in [0.05, 0.1) is 11.6 Å². The van der Waals surface area contributed by atoms with Crippen molar-refractivity contribution in [3.8, 4) is 0 Å². The van der Waals surface area contributed by atoms with E-state index < -0.39 is 17.7 Å². The summed E-state index contributed by atoms with van der Waals surface area (Å²) in [7, 11) is 0. The van der Waals surface area contributed by atoms with Gasteiger partial charge in [-0.05, 0) is 30.9 Å². The lowest BCUT2D eigenvalue weighted by Gasteiger charge is -2.23. The zero-order chi connectivity index (χ0) is 22.3. The Labute approximate surface area is 184 Å². The van der Waals surface area contributed by atoms with Crippen molar-refractivity contribution in [2.75, 3.05) is 4.90 Å². The minimum atomic E-state index is -0.783. The molecule has 158 valence electrons. The summed E-state index contributed by atoms with van der Waals surface area (Å²) < 4.78 is 0. The van der Waals surface area contributed by atoms with Gasteiger partial charge in [0.2, 0.25) is 5.13 Å². The molecule has 1 aliphatic heterocycles. The second-order valence-electron chi connectivity index (χ2n) is 7.96. The number of carbonyl (C=O) groups is 2. The number of ketones is 1. The number of aromatic nitrogens is 2. The molecule has 0 spiro atoms. The highest BCUT2D eigenvalue weighted by atomic mass is 32.1. The highest BCUT2D eigenvalue weighted by molar-refractivity contribution is 7.15. The average molecular weight is 434 g/mol. The Balaban J connectivity index is 1.91. The van der Waals surface area contributed by atoms with Gasteiger partial charge in [0.15, 0.2) is 0 Å². The first-order valence-electron chi connectivity index (χ1n) is 10.1. The van der Waals surface area contributed by atoms with Crippen LogP contribution in [0, 0.1) is 13.8 Å². The molecule has 0 bridgehead atoms. The van der Waals surface area contributed by atoms with Crippen molar-refractivity contribution in [3.05, 3.63) is 81.4 Å². The molecule has 4 rings (SSSR count). The predicted octanol–water partition coefficient (Wildman–Crippen LogP) is 4.90. The quantitative estimate of drug-likeness (QED) is 0.359. The van der Waals surface area contributed by atoms with Gasteiger partial charge in [-0.2, -0.15) is 0 Å². The maximum Gasteiger partial charge on any atom is 0.301 e. The molecule has 1 aliphatic rings. The van der Waals surface area contributed by atoms with E-state index in [0.717, 1.165) is 16.7 Å². The number of benzene rings is 2. The second-order valence-corrected chi connectivity index (χ2v) is 9.12. The summed E-state index contributed by atoms with van der Waals surface area (Å²) >= 11 is 1.24. The molecule has 1 fully saturated rings. The molecule has 1 aromatic heterocycles. The number of aryl methyl sites for hydroxylation is 2. The fraction of sp³-hybridized carbons (Fsp3) is 0.250. The third kappa shape index (κ3) is 3.77. The van der Waals surface area contributed by atoms with Crippen molar-refractivity contribution in [1.82, 2.24) is 10.2 Å². The second kappa shape index (κ2) is 8.07. The van der Waals surface area contributed by atoms with Crippen LogP contribution in [0.5, 0.6) is 0 Å². The van der Waals surface area contributed by atoms with Crippen LogP contribution in [0.25, 0.3) is 5.76 Å². The molecule has 0 saturated carbocycles. The zero-order valence-corrected chi connectivity index (χ0v) is 18.6. The Morgan fingerprint density at radius 3 is 2.19 bits per heavy atom. The van der Waals surface area contributed by atoms with E-state index in [9.17, 15) is 14.7 Å². The van der Waals surface area contributed by atoms with Crippen LogP contribution in [0.1, 0.15) is 53.1 Å². The van der Waals surface area contributed by atoms with Gasteiger partial charge in [-0.15, -0.1) is 10.2 Å². The average Bonchev–Trinajstić information content (AvgIpc) is 3.29. The lowest BCUT2D eigenvalue weighted by molar-refractivity contribution is -0.132. The van der Waals surface area contributed by atoms with Crippen molar-refractivity contribution in [3.63, 3.8) is 0 Å². The lowest BCUT2D eigenvalue weighted by atomic mass is 9.93. The molecule has 2 heterocycles. The van der Waals surface area contributed by atoms with E-state index in [-0.39, 0.29) is 11.3 Å². The molecular weight excluding hydrogens is 410 g/mol. The van der Waals surface area contributed by atoms with E-state index in [2.05, 4.69) is 24.0 Å². The normalized spacial score (nSPS) is 18.2. The van der Waals surface area contributed by atoms with E-state index in [0.29, 0.717) is 21.6 Å². The van der Waals surface area contributed by atoms with Gasteiger partial charge in [-0.25, -0.2) is 0 Å². The highest BCUT2D eigenvalue weighted by Gasteiger charge is 2.48. The van der Waals surface area contributed by atoms with Crippen LogP contribution in [0.4, 0.5) is 5.13 Å². The third-order valence-electron chi connectivity index (χ3n) is 5.41. The fourth-order valence-corrected chi connectivity index (χ4v) is 4.37. The molecule has 1 amide bonds. The Morgan fingerprint density at radius 1 is 1.00 bits per heavy atom. The molecule has 7 heteroatoms. The van der Waals surface area contributed by atoms with Crippen LogP contribution >= 0.6 is 11.3 Å². The first kappa shape index (κ1) is 20.9. The Hall–Kier alpha value is -3.32. The van der Waals surface area contributed by atoms with Crippen LogP contribution in [0.15, 0.2) is 54.1 Å². The van der Waals surface area contributed by atoms with Crippen LogP contribution < -0.4 is 4.90 Å². The third-order valence-corrected chi connectivity index (χ3v) is 6.25. The molecule has 1 atom stereocenters. The lowest BCUT2D eigenvalue weighted by Crippen LogP contribution is -2.29. The van der Waals surface area contributed by atoms with Gasteiger partial charge in [0.1, 0.15) is 10.8 Å². The number of rotatable bonds is 4. The molecule has 0 aliphatic carbocycles. The van der Waals surface area contributed by atoms with Crippen molar-refractivity contribution >= 4 is 33.9 Å². The summed E-state index contributed by atoms with van der Waals surface area (Å²) in [5, 5.41) is 20.2. The minimum absolute atomic E-state index is 0.0546. The Morgan fingerprint density at radius 2 is 1.65 bits per heavy atom. The summed E-state index contributed by atoms with van der Waals surface area (Å²) in [5.74, 6) is -1.30. The molecule has 0 radical (unpaired) electrons. The molecule has 0 unspecified atom stereocenters. The Kier molecular flexibility index (Phi) is 5.45. The summed E-state index contributed by atoms with van der Waals surface area (Å²) in [6, 6.07) is 14.2. The maximum absolute atomic E-state index is 13.1. The van der Waals surface area contributed by atoms with Crippen molar-refractivity contribution < 1.29 is 14.7 Å². The van der Waals surface area contributed by atoms with Crippen LogP contribution in [-0.4, -0.2) is 27.0 Å². The number of hydrogen-bond acceptors (Lipinski definition) is 6. The van der Waals surface area contributed by atoms with Gasteiger partial charge in [-0.1, -0.05) is 79.3 Å². The number of aliphatic hydroxyl groups is 1. The zero-order valence-electron chi connectivity index (χ0n) is 17.8. The summed E-state index contributed by atoms with van der Waals surface area (Å²) in [4.78, 5) is 27.5. The SMILES string of the molecule is Cc1ccc(C(O)=C2C(=O)C(=O)N(c3nnc(C)s3)[C@@H]2c2ccc(C(C)C)cc2)cc1. The number of carbonyl (C=O) groups excluding carboxylic acids is 2. The fourth-order valence-electron chi connectivity index (χ4n) is 3.66. The highest BCUT2D eigenvalue weighted by Crippen LogP contribution is 2.43. The van der Waals surface area contributed by atoms with Crippen LogP contribution in [0.3, 0.4) is 0 Å². The first-order valence-corrected chi connectivity index (χ1v) is 10.9. The van der Waals surface area contributed by atoms with Crippen molar-refractivity contribution in [2.45, 2.75) is 39.7 Å². The van der Waals surface area contributed by atoms with E-state index in [1.165, 1.54) is 16.2 Å². The molecule has 31 heavy (non-hydrogen) atoms. The summed E-state index contributed by atoms with van der Waals surface area (Å²) in [6.07, 6.45) is 0. The molecule has 6 nitrogen and oxygen atoms in total. The number of aliphatic hydroxyl groups excluding tert-OH is 1. The standard InChI is InChI=1S/C24H23N3O3S/c1-13(2)16-9-11-17(12-10-16)20-19(21(28)18-7-5-14(3)6-8-18)22(29)23(30)27(20)24-26-25-15(4)31-24/h5-13,20,28H,1-4H3/t20-/m1/s1. The number of anilines is 1. The number of nitrogens with zero attached hydrogens (tertiary/aromatic N) is 3. The first-order chi connectivity index (χ1) is 14.8. The van der Waals surface area contributed by atoms with Gasteiger partial charge >= 0.3 is 5.91 Å². The number of amides is 1. The topological polar surface area (TPSA) is 83.4 Å². The number of hydrogen-bond donors (Lipinski definition) is 1. The van der Waals surface area contributed by atoms with Gasteiger partial charge in [-0.3, -0.25) is 14.5 Å². The largest absolute Gasteiger partial charge is 0.507 e. The van der Waals surface area contributed by atoms with E-state index in [1.54, 1.807) is 19.1 Å². The molecule has 3 aromatic rings. The van der Waals surface area contributed by atoms with Gasteiger partial charge < -0.3 is 5.11 Å². The summed E-state index contributed by atoms with van der Waals surface area (Å²) in [6.45, 7) is 7.93. The van der Waals surface area contributed by atoms with Crippen molar-refractivity contribution in [2.24, 2.45) is 0 Å². The van der Waals surface area contributed by atoms with Crippen molar-refractivity contribution in [1.29, 1.82) is 0 Å². The predicted molar refractivity (Wildman–Crippen MR) is 121 cm³/mol. The van der Waals surface area contributed by atoms with Crippen LogP contribution in [0.2, 0.25) is 0 Å². The van der Waals surface area contributed by atoms with Gasteiger partial charge in [0, 0.05) is 5.56 Å².